The topological polar surface area (TPSA) is 83.0 Å². The summed E-state index contributed by atoms with van der Waals surface area (Å²) in [6.07, 6.45) is 1.52. The van der Waals surface area contributed by atoms with Gasteiger partial charge in [0, 0.05) is 11.3 Å². The van der Waals surface area contributed by atoms with Crippen LogP contribution in [0.5, 0.6) is 5.75 Å². The summed E-state index contributed by atoms with van der Waals surface area (Å²) in [6, 6.07) is 13.0. The number of benzene rings is 2. The molecule has 0 aromatic heterocycles. The summed E-state index contributed by atoms with van der Waals surface area (Å²) in [5.41, 5.74) is 6.54. The largest absolute Gasteiger partial charge is 0.481 e. The summed E-state index contributed by atoms with van der Waals surface area (Å²) >= 11 is 5.22. The molecule has 0 radical (unpaired) electrons. The first-order chi connectivity index (χ1) is 12.0. The van der Waals surface area contributed by atoms with Crippen LogP contribution in [-0.4, -0.2) is 29.0 Å². The molecule has 0 unspecified atom stereocenters. The molecule has 0 aliphatic rings. The first-order valence-corrected chi connectivity index (χ1v) is 7.97. The number of carboxylic acids is 1. The third kappa shape index (κ3) is 5.89. The summed E-state index contributed by atoms with van der Waals surface area (Å²) in [6.45, 7) is 3.61. The number of thiocarbonyl (C=S) groups is 1. The zero-order valence-corrected chi connectivity index (χ0v) is 14.8. The van der Waals surface area contributed by atoms with Crippen LogP contribution >= 0.6 is 12.2 Å². The second-order valence-corrected chi connectivity index (χ2v) is 5.77. The lowest BCUT2D eigenvalue weighted by atomic mass is 10.1. The Morgan fingerprint density at radius 1 is 1.28 bits per heavy atom. The molecule has 0 fully saturated rings. The smallest absolute Gasteiger partial charge is 0.341 e. The second-order valence-electron chi connectivity index (χ2n) is 5.36. The molecule has 0 amide bonds. The van der Waals surface area contributed by atoms with Gasteiger partial charge in [0.2, 0.25) is 0 Å². The van der Waals surface area contributed by atoms with Gasteiger partial charge in [-0.2, -0.15) is 5.10 Å². The molecule has 2 rings (SSSR count). The fourth-order valence-electron chi connectivity index (χ4n) is 2.12. The first-order valence-electron chi connectivity index (χ1n) is 7.56. The molecule has 0 saturated carbocycles. The van der Waals surface area contributed by atoms with E-state index in [0.717, 1.165) is 11.3 Å². The number of carboxylic acid groups (broad SMARTS) is 1. The van der Waals surface area contributed by atoms with Crippen molar-refractivity contribution in [2.24, 2.45) is 5.10 Å². The van der Waals surface area contributed by atoms with Gasteiger partial charge in [-0.05, 0) is 49.8 Å². The van der Waals surface area contributed by atoms with Crippen LogP contribution in [-0.2, 0) is 4.79 Å². The predicted molar refractivity (Wildman–Crippen MR) is 102 cm³/mol. The van der Waals surface area contributed by atoms with Crippen LogP contribution in [0.1, 0.15) is 16.7 Å². The predicted octanol–water partition coefficient (Wildman–Crippen LogP) is 3.09. The van der Waals surface area contributed by atoms with Crippen molar-refractivity contribution in [3.63, 3.8) is 0 Å². The van der Waals surface area contributed by atoms with E-state index in [9.17, 15) is 4.79 Å². The van der Waals surface area contributed by atoms with E-state index in [4.69, 9.17) is 22.1 Å². The maximum absolute atomic E-state index is 10.6. The van der Waals surface area contributed by atoms with Crippen LogP contribution in [0.3, 0.4) is 0 Å². The Morgan fingerprint density at radius 2 is 2.04 bits per heavy atom. The summed E-state index contributed by atoms with van der Waals surface area (Å²) in [4.78, 5) is 10.6. The van der Waals surface area contributed by atoms with Crippen LogP contribution in [0.4, 0.5) is 5.69 Å². The molecular weight excluding hydrogens is 338 g/mol. The van der Waals surface area contributed by atoms with Crippen molar-refractivity contribution < 1.29 is 14.6 Å². The van der Waals surface area contributed by atoms with E-state index in [-0.39, 0.29) is 0 Å². The Morgan fingerprint density at radius 3 is 2.76 bits per heavy atom. The minimum absolute atomic E-state index is 0.354. The fourth-order valence-corrected chi connectivity index (χ4v) is 2.29. The number of nitrogens with one attached hydrogen (secondary N) is 2. The molecule has 25 heavy (non-hydrogen) atoms. The van der Waals surface area contributed by atoms with Crippen LogP contribution in [0, 0.1) is 13.8 Å². The van der Waals surface area contributed by atoms with Gasteiger partial charge in [-0.25, -0.2) is 4.79 Å². The zero-order chi connectivity index (χ0) is 18.2. The second kappa shape index (κ2) is 8.79. The lowest BCUT2D eigenvalue weighted by Crippen LogP contribution is -2.24. The molecule has 0 heterocycles. The maximum Gasteiger partial charge on any atom is 0.341 e. The van der Waals surface area contributed by atoms with Crippen molar-refractivity contribution in [1.82, 2.24) is 5.43 Å². The Balaban J connectivity index is 1.96. The SMILES string of the molecule is Cc1ccc(NC(=S)N/N=C/c2ccccc2OCC(=O)O)c(C)c1. The van der Waals surface area contributed by atoms with E-state index in [1.165, 1.54) is 11.8 Å². The maximum atomic E-state index is 10.6. The van der Waals surface area contributed by atoms with E-state index >= 15 is 0 Å². The van der Waals surface area contributed by atoms with Crippen molar-refractivity contribution >= 4 is 35.2 Å². The minimum atomic E-state index is -1.04. The highest BCUT2D eigenvalue weighted by molar-refractivity contribution is 7.80. The molecule has 0 aliphatic carbocycles. The summed E-state index contributed by atoms with van der Waals surface area (Å²) in [5.74, 6) is -0.604. The van der Waals surface area contributed by atoms with Gasteiger partial charge in [-0.1, -0.05) is 29.8 Å². The number of rotatable bonds is 6. The third-order valence-corrected chi connectivity index (χ3v) is 3.46. The van der Waals surface area contributed by atoms with Crippen LogP contribution in [0.15, 0.2) is 47.6 Å². The molecule has 3 N–H and O–H groups in total. The van der Waals surface area contributed by atoms with Gasteiger partial charge >= 0.3 is 5.97 Å². The average molecular weight is 357 g/mol. The number of ether oxygens (including phenoxy) is 1. The molecule has 0 bridgehead atoms. The normalized spacial score (nSPS) is 10.5. The van der Waals surface area contributed by atoms with Crippen LogP contribution < -0.4 is 15.5 Å². The monoisotopic (exact) mass is 357 g/mol. The molecule has 2 aromatic carbocycles. The van der Waals surface area contributed by atoms with Crippen molar-refractivity contribution in [3.05, 3.63) is 59.2 Å². The number of anilines is 1. The summed E-state index contributed by atoms with van der Waals surface area (Å²) < 4.78 is 5.21. The third-order valence-electron chi connectivity index (χ3n) is 3.27. The summed E-state index contributed by atoms with van der Waals surface area (Å²) in [5, 5.41) is 16.2. The number of hydrazone groups is 1. The van der Waals surface area contributed by atoms with Gasteiger partial charge in [0.1, 0.15) is 5.75 Å². The summed E-state index contributed by atoms with van der Waals surface area (Å²) in [7, 11) is 0. The van der Waals surface area contributed by atoms with Crippen molar-refractivity contribution in [2.75, 3.05) is 11.9 Å². The highest BCUT2D eigenvalue weighted by Crippen LogP contribution is 2.16. The molecule has 0 aliphatic heterocycles. The van der Waals surface area contributed by atoms with Crippen LogP contribution in [0.25, 0.3) is 0 Å². The molecular formula is C18H19N3O3S. The lowest BCUT2D eigenvalue weighted by Gasteiger charge is -2.10. The number of para-hydroxylation sites is 1. The standard InChI is InChI=1S/C18H19N3O3S/c1-12-7-8-15(13(2)9-12)20-18(25)21-19-10-14-5-3-4-6-16(14)24-11-17(22)23/h3-10H,11H2,1-2H3,(H,22,23)(H2,20,21,25)/b19-10+. The van der Waals surface area contributed by atoms with E-state index in [1.807, 2.05) is 26.0 Å². The highest BCUT2D eigenvalue weighted by Gasteiger charge is 2.04. The van der Waals surface area contributed by atoms with E-state index in [1.54, 1.807) is 24.3 Å². The number of nitrogens with zero attached hydrogens (tertiary/aromatic N) is 1. The molecule has 7 heteroatoms. The number of hydrogen-bond acceptors (Lipinski definition) is 4. The van der Waals surface area contributed by atoms with E-state index in [2.05, 4.69) is 21.9 Å². The molecule has 6 nitrogen and oxygen atoms in total. The average Bonchev–Trinajstić information content (AvgIpc) is 2.56. The van der Waals surface area contributed by atoms with Gasteiger partial charge in [-0.3, -0.25) is 5.43 Å². The molecule has 0 saturated heterocycles. The Hall–Kier alpha value is -2.93. The number of hydrogen-bond donors (Lipinski definition) is 3. The van der Waals surface area contributed by atoms with Gasteiger partial charge < -0.3 is 15.2 Å². The Kier molecular flexibility index (Phi) is 6.47. The fraction of sp³-hybridized carbons (Fsp3) is 0.167. The van der Waals surface area contributed by atoms with E-state index < -0.39 is 12.6 Å². The van der Waals surface area contributed by atoms with E-state index in [0.29, 0.717) is 16.4 Å². The quantitative estimate of drug-likeness (QED) is 0.419. The van der Waals surface area contributed by atoms with Crippen molar-refractivity contribution in [1.29, 1.82) is 0 Å². The highest BCUT2D eigenvalue weighted by atomic mass is 32.1. The Labute approximate surface area is 151 Å². The lowest BCUT2D eigenvalue weighted by molar-refractivity contribution is -0.139. The molecule has 130 valence electrons. The van der Waals surface area contributed by atoms with Crippen LogP contribution in [0.2, 0.25) is 0 Å². The zero-order valence-electron chi connectivity index (χ0n) is 13.9. The first kappa shape index (κ1) is 18.4. The number of aliphatic carboxylic acids is 1. The van der Waals surface area contributed by atoms with Gasteiger partial charge in [-0.15, -0.1) is 0 Å². The minimum Gasteiger partial charge on any atom is -0.481 e. The molecule has 2 aromatic rings. The van der Waals surface area contributed by atoms with Gasteiger partial charge in [0.15, 0.2) is 11.7 Å². The number of aryl methyl sites for hydroxylation is 2. The number of carbonyl (C=O) groups is 1. The van der Waals surface area contributed by atoms with Gasteiger partial charge in [0.25, 0.3) is 0 Å². The molecule has 0 spiro atoms. The molecule has 0 atom stereocenters. The van der Waals surface area contributed by atoms with Gasteiger partial charge in [0.05, 0.1) is 6.21 Å². The van der Waals surface area contributed by atoms with Crippen molar-refractivity contribution in [3.8, 4) is 5.75 Å². The Bertz CT molecular complexity index is 806. The van der Waals surface area contributed by atoms with Crippen molar-refractivity contribution in [2.45, 2.75) is 13.8 Å².